The summed E-state index contributed by atoms with van der Waals surface area (Å²) in [6.45, 7) is 5.75. The molecule has 4 unspecified atom stereocenters. The lowest BCUT2D eigenvalue weighted by atomic mass is 9.94. The minimum Gasteiger partial charge on any atom is -0.469 e. The normalized spacial score (nSPS) is 28.0. The second-order valence-corrected chi connectivity index (χ2v) is 11.0. The van der Waals surface area contributed by atoms with E-state index in [1.807, 2.05) is 6.92 Å². The van der Waals surface area contributed by atoms with Gasteiger partial charge in [0.2, 0.25) is 0 Å². The average molecular weight is 533 g/mol. The van der Waals surface area contributed by atoms with Gasteiger partial charge in [0.15, 0.2) is 12.6 Å². The van der Waals surface area contributed by atoms with Gasteiger partial charge in [-0.15, -0.1) is 0 Å². The number of allylic oxidation sites excluding steroid dienone is 2. The number of rotatable bonds is 16. The molecule has 3 rings (SSSR count). The molecule has 1 aliphatic carbocycles. The summed E-state index contributed by atoms with van der Waals surface area (Å²) in [6, 6.07) is 0. The third kappa shape index (κ3) is 11.0. The molecule has 0 amide bonds. The van der Waals surface area contributed by atoms with Gasteiger partial charge in [-0.1, -0.05) is 69.1 Å². The Balaban J connectivity index is 1.62. The summed E-state index contributed by atoms with van der Waals surface area (Å²) in [5.74, 6) is 0.00201. The highest BCUT2D eigenvalue weighted by atomic mass is 16.7. The smallest absolute Gasteiger partial charge is 0.308 e. The fourth-order valence-corrected chi connectivity index (χ4v) is 5.47. The van der Waals surface area contributed by atoms with Gasteiger partial charge in [0.25, 0.3) is 0 Å². The van der Waals surface area contributed by atoms with Gasteiger partial charge in [0.05, 0.1) is 25.2 Å². The van der Waals surface area contributed by atoms with Crippen LogP contribution in [-0.4, -0.2) is 51.1 Å². The molecule has 2 fully saturated rings. The molecule has 0 spiro atoms. The molecule has 0 aromatic rings. The molecule has 0 radical (unpaired) electrons. The van der Waals surface area contributed by atoms with Crippen LogP contribution in [0.3, 0.4) is 0 Å². The van der Waals surface area contributed by atoms with Crippen LogP contribution in [0.15, 0.2) is 36.0 Å². The van der Waals surface area contributed by atoms with Gasteiger partial charge < -0.3 is 23.7 Å². The summed E-state index contributed by atoms with van der Waals surface area (Å²) in [7, 11) is 1.45. The van der Waals surface area contributed by atoms with Gasteiger partial charge in [0, 0.05) is 19.1 Å². The third-order valence-electron chi connectivity index (χ3n) is 7.89. The highest BCUT2D eigenvalue weighted by molar-refractivity contribution is 5.71. The van der Waals surface area contributed by atoms with E-state index in [0.29, 0.717) is 0 Å². The van der Waals surface area contributed by atoms with E-state index in [0.717, 1.165) is 77.4 Å². The van der Waals surface area contributed by atoms with Crippen molar-refractivity contribution in [3.8, 4) is 0 Å². The SMILES string of the molecule is CCCCCC(C=C[C@@H]1C(CC=CCCC(C)C(=O)OC)=CC[C@H]1OC1CCCCO1)OC1CCCCO1. The molecule has 0 N–H and O–H groups in total. The molecule has 0 aromatic heterocycles. The first-order valence-corrected chi connectivity index (χ1v) is 15.2. The number of ether oxygens (including phenoxy) is 5. The summed E-state index contributed by atoms with van der Waals surface area (Å²) in [5.41, 5.74) is 1.39. The van der Waals surface area contributed by atoms with Gasteiger partial charge in [-0.25, -0.2) is 0 Å². The van der Waals surface area contributed by atoms with Crippen LogP contribution >= 0.6 is 0 Å². The van der Waals surface area contributed by atoms with Crippen molar-refractivity contribution in [1.82, 2.24) is 0 Å². The van der Waals surface area contributed by atoms with Crippen LogP contribution in [0.1, 0.15) is 104 Å². The van der Waals surface area contributed by atoms with Crippen molar-refractivity contribution >= 4 is 5.97 Å². The first-order chi connectivity index (χ1) is 18.6. The molecule has 0 saturated carbocycles. The van der Waals surface area contributed by atoms with E-state index in [2.05, 4.69) is 37.3 Å². The van der Waals surface area contributed by atoms with Crippen molar-refractivity contribution in [1.29, 1.82) is 0 Å². The van der Waals surface area contributed by atoms with Crippen molar-refractivity contribution in [3.05, 3.63) is 36.0 Å². The molecule has 6 atom stereocenters. The molecule has 216 valence electrons. The number of carbonyl (C=O) groups is 1. The van der Waals surface area contributed by atoms with Crippen LogP contribution in [0, 0.1) is 11.8 Å². The van der Waals surface area contributed by atoms with E-state index in [9.17, 15) is 4.79 Å². The lowest BCUT2D eigenvalue weighted by Gasteiger charge is -2.29. The Morgan fingerprint density at radius 1 is 1.05 bits per heavy atom. The minimum absolute atomic E-state index is 0.0634. The van der Waals surface area contributed by atoms with Crippen molar-refractivity contribution in [2.24, 2.45) is 11.8 Å². The molecule has 38 heavy (non-hydrogen) atoms. The van der Waals surface area contributed by atoms with E-state index >= 15 is 0 Å². The number of unbranched alkanes of at least 4 members (excludes halogenated alkanes) is 2. The number of methoxy groups -OCH3 is 1. The predicted molar refractivity (Wildman–Crippen MR) is 151 cm³/mol. The quantitative estimate of drug-likeness (QED) is 0.117. The number of esters is 1. The zero-order valence-corrected chi connectivity index (χ0v) is 24.1. The van der Waals surface area contributed by atoms with Gasteiger partial charge >= 0.3 is 5.97 Å². The van der Waals surface area contributed by atoms with Gasteiger partial charge in [0.1, 0.15) is 0 Å². The summed E-state index contributed by atoms with van der Waals surface area (Å²) < 4.78 is 29.6. The van der Waals surface area contributed by atoms with Crippen LogP contribution in [0.25, 0.3) is 0 Å². The molecule has 2 aliphatic heterocycles. The second kappa shape index (κ2) is 18.0. The lowest BCUT2D eigenvalue weighted by Crippen LogP contribution is -2.31. The molecule has 2 heterocycles. The maximum Gasteiger partial charge on any atom is 0.308 e. The van der Waals surface area contributed by atoms with Crippen molar-refractivity contribution in [3.63, 3.8) is 0 Å². The highest BCUT2D eigenvalue weighted by Gasteiger charge is 2.31. The molecular weight excluding hydrogens is 480 g/mol. The fraction of sp³-hybridized carbons (Fsp3) is 0.781. The summed E-state index contributed by atoms with van der Waals surface area (Å²) in [4.78, 5) is 11.7. The van der Waals surface area contributed by atoms with Crippen LogP contribution < -0.4 is 0 Å². The maximum atomic E-state index is 11.7. The lowest BCUT2D eigenvalue weighted by molar-refractivity contribution is -0.190. The van der Waals surface area contributed by atoms with E-state index in [1.54, 1.807) is 0 Å². The van der Waals surface area contributed by atoms with Crippen molar-refractivity contribution < 1.29 is 28.5 Å². The third-order valence-corrected chi connectivity index (χ3v) is 7.89. The van der Waals surface area contributed by atoms with E-state index in [4.69, 9.17) is 23.7 Å². The monoisotopic (exact) mass is 532 g/mol. The molecule has 6 heteroatoms. The number of hydrogen-bond donors (Lipinski definition) is 0. The Kier molecular flexibility index (Phi) is 14.7. The van der Waals surface area contributed by atoms with Gasteiger partial charge in [-0.3, -0.25) is 4.79 Å². The molecule has 0 aromatic carbocycles. The summed E-state index contributed by atoms with van der Waals surface area (Å²) >= 11 is 0. The zero-order chi connectivity index (χ0) is 27.0. The van der Waals surface area contributed by atoms with E-state index in [-0.39, 0.29) is 42.6 Å². The zero-order valence-electron chi connectivity index (χ0n) is 24.1. The predicted octanol–water partition coefficient (Wildman–Crippen LogP) is 7.43. The summed E-state index contributed by atoms with van der Waals surface area (Å²) in [6.07, 6.45) is 26.0. The van der Waals surface area contributed by atoms with Crippen LogP contribution in [0.2, 0.25) is 0 Å². The Morgan fingerprint density at radius 3 is 2.50 bits per heavy atom. The number of hydrogen-bond acceptors (Lipinski definition) is 6. The molecule has 0 bridgehead atoms. The van der Waals surface area contributed by atoms with Crippen LogP contribution in [0.4, 0.5) is 0 Å². The number of carbonyl (C=O) groups excluding carboxylic acids is 1. The maximum absolute atomic E-state index is 11.7. The Labute approximate surface area is 231 Å². The molecule has 6 nitrogen and oxygen atoms in total. The van der Waals surface area contributed by atoms with Gasteiger partial charge in [-0.05, 0) is 70.6 Å². The molecule has 3 aliphatic rings. The Bertz CT molecular complexity index is 747. The van der Waals surface area contributed by atoms with E-state index < -0.39 is 0 Å². The Morgan fingerprint density at radius 2 is 1.82 bits per heavy atom. The minimum atomic E-state index is -0.138. The van der Waals surface area contributed by atoms with Crippen LogP contribution in [0.5, 0.6) is 0 Å². The first kappa shape index (κ1) is 31.1. The fourth-order valence-electron chi connectivity index (χ4n) is 5.47. The summed E-state index contributed by atoms with van der Waals surface area (Å²) in [5, 5.41) is 0. The first-order valence-electron chi connectivity index (χ1n) is 15.2. The van der Waals surface area contributed by atoms with Crippen molar-refractivity contribution in [2.45, 2.75) is 129 Å². The van der Waals surface area contributed by atoms with E-state index in [1.165, 1.54) is 38.4 Å². The second-order valence-electron chi connectivity index (χ2n) is 11.0. The van der Waals surface area contributed by atoms with Crippen LogP contribution in [-0.2, 0) is 28.5 Å². The Hall–Kier alpha value is -1.47. The molecule has 2 saturated heterocycles. The standard InChI is InChI=1S/C32H52O6/c1-4-5-7-16-27(37-30-17-10-12-23-35-30)20-21-28-26(15-9-6-8-14-25(2)32(33)34-3)19-22-29(28)38-31-18-11-13-24-36-31/h6,9,19-21,25,27-31H,4-5,7-8,10-18,22-24H2,1-3H3/t25?,27?,28-,29-,30?,31?/m1/s1. The average Bonchev–Trinajstić information content (AvgIpc) is 3.32. The highest BCUT2D eigenvalue weighted by Crippen LogP contribution is 2.35. The largest absolute Gasteiger partial charge is 0.469 e. The molecular formula is C32H52O6. The van der Waals surface area contributed by atoms with Gasteiger partial charge in [-0.2, -0.15) is 0 Å². The van der Waals surface area contributed by atoms with Crippen molar-refractivity contribution in [2.75, 3.05) is 20.3 Å². The topological polar surface area (TPSA) is 63.2 Å².